The Bertz CT molecular complexity index is 664. The van der Waals surface area contributed by atoms with Crippen molar-refractivity contribution in [1.82, 2.24) is 0 Å². The molecule has 2 rings (SSSR count). The van der Waals surface area contributed by atoms with Gasteiger partial charge in [-0.1, -0.05) is 29.3 Å². The number of amides is 1. The number of anilines is 1. The van der Waals surface area contributed by atoms with E-state index in [-0.39, 0.29) is 5.91 Å². The molecular formula is C15H12Cl2INO2. The highest BCUT2D eigenvalue weighted by Crippen LogP contribution is 2.23. The Morgan fingerprint density at radius 2 is 1.90 bits per heavy atom. The van der Waals surface area contributed by atoms with Crippen molar-refractivity contribution in [3.05, 3.63) is 56.1 Å². The number of nitrogens with one attached hydrogen (secondary N) is 1. The summed E-state index contributed by atoms with van der Waals surface area (Å²) < 4.78 is 6.43. The highest BCUT2D eigenvalue weighted by molar-refractivity contribution is 14.1. The lowest BCUT2D eigenvalue weighted by atomic mass is 10.3. The van der Waals surface area contributed by atoms with Crippen molar-refractivity contribution in [1.29, 1.82) is 0 Å². The van der Waals surface area contributed by atoms with E-state index in [1.807, 2.05) is 0 Å². The van der Waals surface area contributed by atoms with Crippen LogP contribution in [0.25, 0.3) is 0 Å². The molecule has 0 fully saturated rings. The van der Waals surface area contributed by atoms with Crippen molar-refractivity contribution >= 4 is 57.4 Å². The molecule has 6 heteroatoms. The standard InChI is InChI=1S/C15H12Cl2INO2/c1-9(21-12-4-2-3-10(16)7-12)15(20)19-14-6-5-11(17)8-13(14)18/h2-9H,1H3,(H,19,20). The normalized spacial score (nSPS) is 11.8. The predicted octanol–water partition coefficient (Wildman–Crippen LogP) is 5.00. The topological polar surface area (TPSA) is 38.3 Å². The number of hydrogen-bond acceptors (Lipinski definition) is 2. The van der Waals surface area contributed by atoms with Crippen LogP contribution >= 0.6 is 45.8 Å². The fourth-order valence-corrected chi connectivity index (χ4v) is 2.81. The van der Waals surface area contributed by atoms with Gasteiger partial charge < -0.3 is 10.1 Å². The predicted molar refractivity (Wildman–Crippen MR) is 94.3 cm³/mol. The fraction of sp³-hybridized carbons (Fsp3) is 0.133. The molecule has 1 atom stereocenters. The smallest absolute Gasteiger partial charge is 0.265 e. The summed E-state index contributed by atoms with van der Waals surface area (Å²) in [5.74, 6) is 0.311. The third-order valence-electron chi connectivity index (χ3n) is 2.67. The summed E-state index contributed by atoms with van der Waals surface area (Å²) in [7, 11) is 0. The van der Waals surface area contributed by atoms with E-state index < -0.39 is 6.10 Å². The van der Waals surface area contributed by atoms with Crippen LogP contribution in [0.3, 0.4) is 0 Å². The van der Waals surface area contributed by atoms with E-state index in [9.17, 15) is 4.79 Å². The summed E-state index contributed by atoms with van der Waals surface area (Å²) in [4.78, 5) is 12.1. The Hall–Kier alpha value is -0.980. The second-order valence-electron chi connectivity index (χ2n) is 4.33. The molecule has 3 nitrogen and oxygen atoms in total. The second-order valence-corrected chi connectivity index (χ2v) is 6.37. The van der Waals surface area contributed by atoms with Gasteiger partial charge in [0.05, 0.1) is 5.69 Å². The van der Waals surface area contributed by atoms with E-state index >= 15 is 0 Å². The van der Waals surface area contributed by atoms with E-state index in [0.29, 0.717) is 21.5 Å². The van der Waals surface area contributed by atoms with Gasteiger partial charge >= 0.3 is 0 Å². The molecule has 21 heavy (non-hydrogen) atoms. The molecule has 110 valence electrons. The number of benzene rings is 2. The second kappa shape index (κ2) is 7.33. The van der Waals surface area contributed by atoms with Crippen LogP contribution in [-0.4, -0.2) is 12.0 Å². The van der Waals surface area contributed by atoms with E-state index in [2.05, 4.69) is 27.9 Å². The van der Waals surface area contributed by atoms with Gasteiger partial charge in [-0.2, -0.15) is 0 Å². The molecule has 0 heterocycles. The molecule has 0 aliphatic heterocycles. The molecule has 0 bridgehead atoms. The minimum Gasteiger partial charge on any atom is -0.481 e. The van der Waals surface area contributed by atoms with E-state index in [4.69, 9.17) is 27.9 Å². The van der Waals surface area contributed by atoms with Crippen LogP contribution < -0.4 is 10.1 Å². The summed E-state index contributed by atoms with van der Waals surface area (Å²) in [6.45, 7) is 1.68. The third kappa shape index (κ3) is 4.76. The van der Waals surface area contributed by atoms with Crippen molar-refractivity contribution < 1.29 is 9.53 Å². The maximum absolute atomic E-state index is 12.1. The minimum atomic E-state index is -0.644. The van der Waals surface area contributed by atoms with Crippen molar-refractivity contribution in [2.24, 2.45) is 0 Å². The van der Waals surface area contributed by atoms with E-state index in [1.54, 1.807) is 49.4 Å². The average molecular weight is 436 g/mol. The van der Waals surface area contributed by atoms with Crippen molar-refractivity contribution in [2.75, 3.05) is 5.32 Å². The highest BCUT2D eigenvalue weighted by Gasteiger charge is 2.16. The Balaban J connectivity index is 2.02. The Morgan fingerprint density at radius 3 is 2.57 bits per heavy atom. The van der Waals surface area contributed by atoms with E-state index in [0.717, 1.165) is 3.57 Å². The molecule has 0 saturated carbocycles. The lowest BCUT2D eigenvalue weighted by Crippen LogP contribution is -2.30. The number of rotatable bonds is 4. The van der Waals surface area contributed by atoms with Crippen LogP contribution in [0.15, 0.2) is 42.5 Å². The zero-order valence-electron chi connectivity index (χ0n) is 11.1. The number of ether oxygens (including phenoxy) is 1. The lowest BCUT2D eigenvalue weighted by molar-refractivity contribution is -0.122. The summed E-state index contributed by atoms with van der Waals surface area (Å²) in [6, 6.07) is 12.2. The molecule has 0 aliphatic rings. The molecule has 0 saturated heterocycles. The quantitative estimate of drug-likeness (QED) is 0.686. The molecule has 2 aromatic carbocycles. The molecule has 0 spiro atoms. The van der Waals surface area contributed by atoms with Gasteiger partial charge in [-0.3, -0.25) is 4.79 Å². The number of carbonyl (C=O) groups is 1. The summed E-state index contributed by atoms with van der Waals surface area (Å²) >= 11 is 13.9. The number of carbonyl (C=O) groups excluding carboxylic acids is 1. The Kier molecular flexibility index (Phi) is 5.72. The van der Waals surface area contributed by atoms with E-state index in [1.165, 1.54) is 0 Å². The number of hydrogen-bond donors (Lipinski definition) is 1. The van der Waals surface area contributed by atoms with Crippen LogP contribution in [-0.2, 0) is 4.79 Å². The first-order chi connectivity index (χ1) is 9.95. The minimum absolute atomic E-state index is 0.241. The van der Waals surface area contributed by atoms with Gasteiger partial charge in [-0.15, -0.1) is 0 Å². The van der Waals surface area contributed by atoms with Crippen LogP contribution in [0.4, 0.5) is 5.69 Å². The SMILES string of the molecule is CC(Oc1cccc(Cl)c1)C(=O)Nc1ccc(Cl)cc1I. The molecule has 0 aromatic heterocycles. The molecule has 0 aliphatic carbocycles. The highest BCUT2D eigenvalue weighted by atomic mass is 127. The fourth-order valence-electron chi connectivity index (χ4n) is 1.62. The average Bonchev–Trinajstić information content (AvgIpc) is 2.41. The first kappa shape index (κ1) is 16.4. The maximum atomic E-state index is 12.1. The third-order valence-corrected chi connectivity index (χ3v) is 4.03. The van der Waals surface area contributed by atoms with Crippen molar-refractivity contribution in [3.63, 3.8) is 0 Å². The van der Waals surface area contributed by atoms with Crippen LogP contribution in [0, 0.1) is 3.57 Å². The Labute approximate surface area is 146 Å². The van der Waals surface area contributed by atoms with Gasteiger partial charge in [-0.05, 0) is 65.9 Å². The van der Waals surface area contributed by atoms with Gasteiger partial charge in [0.15, 0.2) is 6.10 Å². The van der Waals surface area contributed by atoms with Crippen LogP contribution in [0.1, 0.15) is 6.92 Å². The first-order valence-corrected chi connectivity index (χ1v) is 7.97. The zero-order chi connectivity index (χ0) is 15.4. The lowest BCUT2D eigenvalue weighted by Gasteiger charge is -2.15. The molecular weight excluding hydrogens is 424 g/mol. The largest absolute Gasteiger partial charge is 0.481 e. The van der Waals surface area contributed by atoms with Crippen LogP contribution in [0.5, 0.6) is 5.75 Å². The van der Waals surface area contributed by atoms with Gasteiger partial charge in [0, 0.05) is 13.6 Å². The summed E-state index contributed by atoms with van der Waals surface area (Å²) in [5, 5.41) is 4.00. The Morgan fingerprint density at radius 1 is 1.19 bits per heavy atom. The molecule has 1 N–H and O–H groups in total. The maximum Gasteiger partial charge on any atom is 0.265 e. The monoisotopic (exact) mass is 435 g/mol. The van der Waals surface area contributed by atoms with Crippen LogP contribution in [0.2, 0.25) is 10.0 Å². The zero-order valence-corrected chi connectivity index (χ0v) is 14.7. The summed E-state index contributed by atoms with van der Waals surface area (Å²) in [6.07, 6.45) is -0.644. The molecule has 1 unspecified atom stereocenters. The molecule has 1 amide bonds. The van der Waals surface area contributed by atoms with Gasteiger partial charge in [0.1, 0.15) is 5.75 Å². The van der Waals surface area contributed by atoms with Gasteiger partial charge in [0.25, 0.3) is 5.91 Å². The first-order valence-electron chi connectivity index (χ1n) is 6.14. The van der Waals surface area contributed by atoms with Crippen molar-refractivity contribution in [2.45, 2.75) is 13.0 Å². The van der Waals surface area contributed by atoms with Crippen molar-refractivity contribution in [3.8, 4) is 5.75 Å². The number of halogens is 3. The molecule has 2 aromatic rings. The summed E-state index contributed by atoms with van der Waals surface area (Å²) in [5.41, 5.74) is 0.701. The van der Waals surface area contributed by atoms with Gasteiger partial charge in [0.2, 0.25) is 0 Å². The van der Waals surface area contributed by atoms with Gasteiger partial charge in [-0.25, -0.2) is 0 Å². The molecule has 0 radical (unpaired) electrons.